The molecule has 17 nitrogen and oxygen atoms in total. The van der Waals surface area contributed by atoms with Gasteiger partial charge in [0, 0.05) is 0 Å². The summed E-state index contributed by atoms with van der Waals surface area (Å²) >= 11 is 0. The van der Waals surface area contributed by atoms with E-state index in [1.54, 1.807) is 6.92 Å². The number of nitrogen functional groups attached to an aromatic ring is 1. The van der Waals surface area contributed by atoms with Crippen LogP contribution in [0.5, 0.6) is 5.88 Å². The number of nitrogens with zero attached hydrogens (tertiary/aromatic N) is 4. The first-order valence-corrected chi connectivity index (χ1v) is 17.4. The third-order valence-electron chi connectivity index (χ3n) is 7.55. The maximum Gasteiger partial charge on any atom is 0.342 e. The third-order valence-corrected chi connectivity index (χ3v) is 9.25. The van der Waals surface area contributed by atoms with Crippen LogP contribution in [0.1, 0.15) is 75.0 Å². The number of imidazole rings is 1. The molecule has 1 fully saturated rings. The second-order valence-corrected chi connectivity index (χ2v) is 16.6. The summed E-state index contributed by atoms with van der Waals surface area (Å²) in [6.07, 6.45) is -2.22. The lowest BCUT2D eigenvalue weighted by molar-refractivity contribution is -0.150. The largest absolute Gasteiger partial charge is 0.479 e. The Hall–Kier alpha value is -2.92. The smallest absolute Gasteiger partial charge is 0.342 e. The molecule has 2 aromatic heterocycles. The molecule has 1 aliphatic heterocycles. The van der Waals surface area contributed by atoms with Gasteiger partial charge in [0.2, 0.25) is 11.8 Å². The van der Waals surface area contributed by atoms with E-state index in [0.717, 1.165) is 0 Å². The van der Waals surface area contributed by atoms with Crippen molar-refractivity contribution < 1.29 is 47.8 Å². The number of anilines is 1. The highest BCUT2D eigenvalue weighted by atomic mass is 31.2. The van der Waals surface area contributed by atoms with E-state index >= 15 is 0 Å². The highest BCUT2D eigenvalue weighted by molar-refractivity contribution is 7.54. The zero-order valence-corrected chi connectivity index (χ0v) is 30.4. The van der Waals surface area contributed by atoms with Crippen LogP contribution in [0, 0.1) is 16.7 Å². The van der Waals surface area contributed by atoms with E-state index < -0.39 is 62.8 Å². The predicted molar refractivity (Wildman–Crippen MR) is 176 cm³/mol. The minimum absolute atomic E-state index is 0.102. The zero-order valence-electron chi connectivity index (χ0n) is 29.5. The fourth-order valence-electron chi connectivity index (χ4n) is 4.63. The van der Waals surface area contributed by atoms with Gasteiger partial charge in [0.05, 0.1) is 33.3 Å². The van der Waals surface area contributed by atoms with E-state index in [0.29, 0.717) is 6.42 Å². The van der Waals surface area contributed by atoms with E-state index in [-0.39, 0.29) is 53.0 Å². The Morgan fingerprint density at radius 1 is 1.17 bits per heavy atom. The number of aliphatic hydroxyl groups excluding tert-OH is 1. The SMILES string of the molecule is CCC(C)C(NP(=O)(NCC(=O)OCC(C)(C)C)OCC1OC(n2cnc3c(OC)nc(N)nc32)C(C)(O)C1O)C(=O)OCC(C)(C)C. The monoisotopic (exact) mass is 701 g/mol. The Kier molecular flexibility index (Phi) is 12.6. The van der Waals surface area contributed by atoms with Crippen molar-refractivity contribution in [3.63, 3.8) is 0 Å². The number of ether oxygens (including phenoxy) is 4. The summed E-state index contributed by atoms with van der Waals surface area (Å²) in [4.78, 5) is 38.3. The summed E-state index contributed by atoms with van der Waals surface area (Å²) in [5.74, 6) is -1.72. The lowest BCUT2D eigenvalue weighted by Gasteiger charge is -2.30. The van der Waals surface area contributed by atoms with Crippen molar-refractivity contribution in [3.05, 3.63) is 6.33 Å². The number of nitrogens with one attached hydrogen (secondary N) is 2. The van der Waals surface area contributed by atoms with Crippen LogP contribution in [0.3, 0.4) is 0 Å². The Labute approximate surface area is 281 Å². The molecule has 1 aliphatic rings. The van der Waals surface area contributed by atoms with Crippen LogP contribution in [-0.2, 0) is 32.9 Å². The molecule has 0 spiro atoms. The van der Waals surface area contributed by atoms with Crippen molar-refractivity contribution in [2.75, 3.05) is 39.2 Å². The number of aromatic nitrogens is 4. The summed E-state index contributed by atoms with van der Waals surface area (Å²) in [5.41, 5.74) is 3.70. The van der Waals surface area contributed by atoms with Crippen LogP contribution in [0.2, 0.25) is 0 Å². The molecule has 272 valence electrons. The molecule has 1 saturated heterocycles. The molecule has 18 heteroatoms. The Morgan fingerprint density at radius 2 is 1.79 bits per heavy atom. The van der Waals surface area contributed by atoms with Crippen molar-refractivity contribution in [1.29, 1.82) is 0 Å². The molecule has 0 bridgehead atoms. The van der Waals surface area contributed by atoms with Gasteiger partial charge >= 0.3 is 19.6 Å². The molecule has 3 rings (SSSR count). The lowest BCUT2D eigenvalue weighted by atomic mass is 9.96. The van der Waals surface area contributed by atoms with Gasteiger partial charge in [0.25, 0.3) is 0 Å². The van der Waals surface area contributed by atoms with Gasteiger partial charge in [0.1, 0.15) is 30.4 Å². The maximum atomic E-state index is 14.4. The van der Waals surface area contributed by atoms with E-state index in [1.165, 1.54) is 24.9 Å². The molecule has 0 aliphatic carbocycles. The second-order valence-electron chi connectivity index (χ2n) is 14.7. The number of nitrogens with two attached hydrogens (primary N) is 1. The highest BCUT2D eigenvalue weighted by Gasteiger charge is 2.54. The van der Waals surface area contributed by atoms with Gasteiger partial charge in [-0.05, 0) is 23.7 Å². The first-order valence-electron chi connectivity index (χ1n) is 15.8. The summed E-state index contributed by atoms with van der Waals surface area (Å²) in [7, 11) is -2.89. The number of fused-ring (bicyclic) bond motifs is 1. The summed E-state index contributed by atoms with van der Waals surface area (Å²) in [5, 5.41) is 27.9. The number of aliphatic hydroxyl groups is 2. The molecular weight excluding hydrogens is 649 g/mol. The van der Waals surface area contributed by atoms with E-state index in [9.17, 15) is 24.4 Å². The van der Waals surface area contributed by atoms with Gasteiger partial charge in [0.15, 0.2) is 17.4 Å². The van der Waals surface area contributed by atoms with Gasteiger partial charge in [-0.1, -0.05) is 61.8 Å². The fraction of sp³-hybridized carbons (Fsp3) is 0.767. The lowest BCUT2D eigenvalue weighted by Crippen LogP contribution is -2.46. The number of methoxy groups -OCH3 is 1. The van der Waals surface area contributed by atoms with E-state index in [1.807, 2.05) is 48.5 Å². The number of rotatable bonds is 15. The average Bonchev–Trinajstić information content (AvgIpc) is 3.51. The van der Waals surface area contributed by atoms with Crippen molar-refractivity contribution in [1.82, 2.24) is 29.7 Å². The topological polar surface area (TPSA) is 231 Å². The van der Waals surface area contributed by atoms with Crippen LogP contribution in [0.4, 0.5) is 5.95 Å². The first kappa shape index (κ1) is 39.5. The molecule has 48 heavy (non-hydrogen) atoms. The van der Waals surface area contributed by atoms with Crippen LogP contribution in [0.15, 0.2) is 6.33 Å². The summed E-state index contributed by atoms with van der Waals surface area (Å²) < 4.78 is 43.7. The molecule has 2 aromatic rings. The van der Waals surface area contributed by atoms with Gasteiger partial charge in [-0.15, -0.1) is 0 Å². The number of carbonyl (C=O) groups is 2. The van der Waals surface area contributed by atoms with E-state index in [4.69, 9.17) is 29.2 Å². The molecular formula is C30H52N7O10P. The number of hydrogen-bond acceptors (Lipinski definition) is 14. The highest BCUT2D eigenvalue weighted by Crippen LogP contribution is 2.44. The van der Waals surface area contributed by atoms with Gasteiger partial charge < -0.3 is 39.4 Å². The molecule has 7 unspecified atom stereocenters. The standard InChI is InChI=1S/C30H52N7O10P/c1-11-17(2)20(25(40)45-15-29(6,7)8)36-48(42,33-12-19(38)44-14-28(3,4)5)46-13-18-22(39)30(9,41)26(47-18)37-16-32-21-23(37)34-27(31)35-24(21)43-10/h16-18,20,22,26,39,41H,11-15H2,1-10H3,(H2,31,34,35)(H2,33,36,42). The van der Waals surface area contributed by atoms with Gasteiger partial charge in [-0.2, -0.15) is 9.97 Å². The number of hydrogen-bond donors (Lipinski definition) is 5. The van der Waals surface area contributed by atoms with Crippen LogP contribution in [-0.4, -0.2) is 99.0 Å². The van der Waals surface area contributed by atoms with Gasteiger partial charge in [-0.3, -0.25) is 18.7 Å². The predicted octanol–water partition coefficient (Wildman–Crippen LogP) is 2.32. The summed E-state index contributed by atoms with van der Waals surface area (Å²) in [6.45, 7) is 15.6. The molecule has 7 atom stereocenters. The first-order chi connectivity index (χ1) is 22.1. The Morgan fingerprint density at radius 3 is 2.38 bits per heavy atom. The molecule has 0 aromatic carbocycles. The molecule has 0 amide bonds. The normalized spacial score (nSPS) is 24.2. The Bertz CT molecular complexity index is 1470. The quantitative estimate of drug-likeness (QED) is 0.132. The molecule has 3 heterocycles. The number of carbonyl (C=O) groups excluding carboxylic acids is 2. The minimum Gasteiger partial charge on any atom is -0.479 e. The van der Waals surface area contributed by atoms with E-state index in [2.05, 4.69) is 25.1 Å². The van der Waals surface area contributed by atoms with Crippen molar-refractivity contribution >= 4 is 36.7 Å². The second kappa shape index (κ2) is 15.3. The van der Waals surface area contributed by atoms with Crippen LogP contribution >= 0.6 is 7.67 Å². The minimum atomic E-state index is -4.28. The van der Waals surface area contributed by atoms with Crippen molar-refractivity contribution in [2.24, 2.45) is 16.7 Å². The van der Waals surface area contributed by atoms with Gasteiger partial charge in [-0.25, -0.2) is 15.2 Å². The zero-order chi connectivity index (χ0) is 36.2. The Balaban J connectivity index is 1.87. The third kappa shape index (κ3) is 10.1. The number of esters is 2. The molecule has 0 radical (unpaired) electrons. The van der Waals surface area contributed by atoms with Crippen molar-refractivity contribution in [3.8, 4) is 5.88 Å². The molecule has 6 N–H and O–H groups in total. The summed E-state index contributed by atoms with van der Waals surface area (Å²) in [6, 6.07) is -1.09. The molecule has 0 saturated carbocycles. The average molecular weight is 702 g/mol. The van der Waals surface area contributed by atoms with Crippen LogP contribution in [0.25, 0.3) is 11.2 Å². The fourth-order valence-corrected chi connectivity index (χ4v) is 6.31. The maximum absolute atomic E-state index is 14.4. The van der Waals surface area contributed by atoms with Crippen molar-refractivity contribution in [2.45, 2.75) is 98.8 Å². The van der Waals surface area contributed by atoms with Crippen LogP contribution < -0.4 is 20.6 Å².